The summed E-state index contributed by atoms with van der Waals surface area (Å²) in [5.74, 6) is -1.91. The molecule has 3 aliphatic rings. The van der Waals surface area contributed by atoms with Gasteiger partial charge in [0.1, 0.15) is 11.0 Å². The van der Waals surface area contributed by atoms with Gasteiger partial charge in [-0.25, -0.2) is 4.79 Å². The van der Waals surface area contributed by atoms with Crippen LogP contribution < -0.4 is 0 Å². The number of ether oxygens (including phenoxy) is 1. The van der Waals surface area contributed by atoms with Crippen molar-refractivity contribution in [3.8, 4) is 0 Å². The Kier molecular flexibility index (Phi) is 5.28. The SMILES string of the molecule is CC(C)(C)OC(=O)[C@@H]1[C@@H](c2ccc(Br)cc2)C2(C(=O)c3ccccc3C2=O)[C@H]2c3ccccc3C=NN12. The first-order valence-corrected chi connectivity index (χ1v) is 13.0. The Morgan fingerprint density at radius 1 is 0.919 bits per heavy atom. The molecule has 0 saturated carbocycles. The van der Waals surface area contributed by atoms with Crippen LogP contribution in [0, 0.1) is 5.41 Å². The van der Waals surface area contributed by atoms with E-state index >= 15 is 0 Å². The fourth-order valence-corrected chi connectivity index (χ4v) is 6.42. The number of hydrazone groups is 1. The van der Waals surface area contributed by atoms with Crippen molar-refractivity contribution < 1.29 is 19.1 Å². The normalized spacial score (nSPS) is 23.1. The zero-order valence-electron chi connectivity index (χ0n) is 20.6. The van der Waals surface area contributed by atoms with Gasteiger partial charge in [-0.05, 0) is 49.6 Å². The summed E-state index contributed by atoms with van der Waals surface area (Å²) in [6, 6.07) is 20.2. The molecule has 1 fully saturated rings. The number of halogens is 1. The average molecular weight is 557 g/mol. The van der Waals surface area contributed by atoms with Crippen LogP contribution in [0.1, 0.15) is 70.1 Å². The second kappa shape index (κ2) is 8.21. The van der Waals surface area contributed by atoms with E-state index in [1.807, 2.05) is 48.5 Å². The molecule has 0 unspecified atom stereocenters. The molecule has 0 aromatic heterocycles. The number of carbonyl (C=O) groups is 3. The highest BCUT2D eigenvalue weighted by atomic mass is 79.9. The van der Waals surface area contributed by atoms with Crippen molar-refractivity contribution in [2.45, 2.75) is 44.4 Å². The molecule has 0 N–H and O–H groups in total. The van der Waals surface area contributed by atoms with Gasteiger partial charge in [0.25, 0.3) is 0 Å². The number of nitrogens with zero attached hydrogens (tertiary/aromatic N) is 2. The molecule has 6 nitrogen and oxygen atoms in total. The van der Waals surface area contributed by atoms with Crippen molar-refractivity contribution in [3.63, 3.8) is 0 Å². The maximum Gasteiger partial charge on any atom is 0.331 e. The van der Waals surface area contributed by atoms with Gasteiger partial charge in [-0.2, -0.15) is 5.10 Å². The van der Waals surface area contributed by atoms with Crippen LogP contribution in [-0.4, -0.2) is 40.4 Å². The summed E-state index contributed by atoms with van der Waals surface area (Å²) in [5, 5.41) is 6.35. The van der Waals surface area contributed by atoms with Gasteiger partial charge >= 0.3 is 5.97 Å². The molecule has 37 heavy (non-hydrogen) atoms. The lowest BCUT2D eigenvalue weighted by molar-refractivity contribution is -0.161. The second-order valence-corrected chi connectivity index (χ2v) is 11.7. The lowest BCUT2D eigenvalue weighted by Gasteiger charge is -2.36. The largest absolute Gasteiger partial charge is 0.458 e. The summed E-state index contributed by atoms with van der Waals surface area (Å²) >= 11 is 3.48. The van der Waals surface area contributed by atoms with Gasteiger partial charge in [-0.3, -0.25) is 14.6 Å². The van der Waals surface area contributed by atoms with E-state index < -0.39 is 35.0 Å². The van der Waals surface area contributed by atoms with Gasteiger partial charge in [0.2, 0.25) is 0 Å². The van der Waals surface area contributed by atoms with Gasteiger partial charge in [-0.15, -0.1) is 0 Å². The molecule has 1 aliphatic carbocycles. The third kappa shape index (κ3) is 3.37. The van der Waals surface area contributed by atoms with E-state index in [-0.39, 0.29) is 11.6 Å². The number of hydrogen-bond donors (Lipinski definition) is 0. The Hall–Kier alpha value is -3.58. The summed E-state index contributed by atoms with van der Waals surface area (Å²) in [5.41, 5.74) is 0.719. The topological polar surface area (TPSA) is 76.0 Å². The molecule has 3 aromatic carbocycles. The van der Waals surface area contributed by atoms with Gasteiger partial charge < -0.3 is 4.74 Å². The summed E-state index contributed by atoms with van der Waals surface area (Å²) < 4.78 is 6.75. The van der Waals surface area contributed by atoms with Crippen LogP contribution in [0.3, 0.4) is 0 Å². The van der Waals surface area contributed by atoms with Crippen LogP contribution >= 0.6 is 15.9 Å². The molecule has 0 radical (unpaired) electrons. The van der Waals surface area contributed by atoms with Crippen LogP contribution in [0.15, 0.2) is 82.4 Å². The molecule has 6 rings (SSSR count). The molecule has 7 heteroatoms. The number of esters is 1. The third-order valence-electron chi connectivity index (χ3n) is 7.45. The number of benzene rings is 3. The maximum atomic E-state index is 14.5. The van der Waals surface area contributed by atoms with Gasteiger partial charge in [0.15, 0.2) is 17.6 Å². The second-order valence-electron chi connectivity index (χ2n) is 10.7. The summed E-state index contributed by atoms with van der Waals surface area (Å²) in [4.78, 5) is 43.0. The van der Waals surface area contributed by atoms with Crippen molar-refractivity contribution in [2.75, 3.05) is 0 Å². The molecular weight excluding hydrogens is 532 g/mol. The van der Waals surface area contributed by atoms with Crippen LogP contribution in [0.4, 0.5) is 0 Å². The molecule has 0 bridgehead atoms. The number of carbonyl (C=O) groups excluding carboxylic acids is 3. The molecule has 1 saturated heterocycles. The first kappa shape index (κ1) is 23.8. The molecule has 3 atom stereocenters. The van der Waals surface area contributed by atoms with E-state index in [0.717, 1.165) is 15.6 Å². The average Bonchev–Trinajstić information content (AvgIpc) is 3.30. The van der Waals surface area contributed by atoms with Crippen molar-refractivity contribution in [3.05, 3.63) is 105 Å². The van der Waals surface area contributed by atoms with E-state index in [4.69, 9.17) is 9.84 Å². The smallest absolute Gasteiger partial charge is 0.331 e. The first-order chi connectivity index (χ1) is 17.6. The van der Waals surface area contributed by atoms with Crippen LogP contribution in [0.25, 0.3) is 0 Å². The maximum absolute atomic E-state index is 14.5. The molecule has 0 amide bonds. The van der Waals surface area contributed by atoms with Crippen LogP contribution in [0.5, 0.6) is 0 Å². The molecule has 3 aromatic rings. The fourth-order valence-electron chi connectivity index (χ4n) is 6.15. The Balaban J connectivity index is 1.67. The van der Waals surface area contributed by atoms with E-state index in [1.54, 1.807) is 56.3 Å². The number of hydrogen-bond acceptors (Lipinski definition) is 6. The van der Waals surface area contributed by atoms with Gasteiger partial charge in [-0.1, -0.05) is 76.6 Å². The van der Waals surface area contributed by atoms with E-state index in [0.29, 0.717) is 16.7 Å². The minimum absolute atomic E-state index is 0.283. The minimum atomic E-state index is -1.59. The lowest BCUT2D eigenvalue weighted by Crippen LogP contribution is -2.44. The standard InChI is InChI=1S/C30H25BrN2O4/c1-29(2,3)37-28(36)24-23(17-12-14-19(31)15-13-17)30(26(34)21-10-6-7-11-22(21)27(30)35)25-20-9-5-4-8-18(20)16-32-33(24)25/h4-16,23-25H,1-3H3/t23-,24+,25-/m1/s1. The molecule has 2 heterocycles. The molecular formula is C30H25BrN2O4. The summed E-state index contributed by atoms with van der Waals surface area (Å²) in [6.07, 6.45) is 1.69. The third-order valence-corrected chi connectivity index (χ3v) is 7.98. The van der Waals surface area contributed by atoms with Crippen molar-refractivity contribution in [1.82, 2.24) is 5.01 Å². The van der Waals surface area contributed by atoms with Crippen LogP contribution in [-0.2, 0) is 9.53 Å². The van der Waals surface area contributed by atoms with Crippen LogP contribution in [0.2, 0.25) is 0 Å². The molecule has 2 aliphatic heterocycles. The summed E-state index contributed by atoms with van der Waals surface area (Å²) in [7, 11) is 0. The highest BCUT2D eigenvalue weighted by molar-refractivity contribution is 9.10. The highest BCUT2D eigenvalue weighted by Crippen LogP contribution is 2.64. The predicted octanol–water partition coefficient (Wildman–Crippen LogP) is 5.71. The minimum Gasteiger partial charge on any atom is -0.458 e. The van der Waals surface area contributed by atoms with Crippen molar-refractivity contribution in [2.24, 2.45) is 10.5 Å². The lowest BCUT2D eigenvalue weighted by atomic mass is 9.63. The number of fused-ring (bicyclic) bond motifs is 5. The first-order valence-electron chi connectivity index (χ1n) is 12.2. The highest BCUT2D eigenvalue weighted by Gasteiger charge is 2.73. The Morgan fingerprint density at radius 3 is 2.14 bits per heavy atom. The summed E-state index contributed by atoms with van der Waals surface area (Å²) in [6.45, 7) is 5.41. The Morgan fingerprint density at radius 2 is 1.51 bits per heavy atom. The Labute approximate surface area is 223 Å². The number of Topliss-reactive ketones (excluding diaryl/α,β-unsaturated/α-hetero) is 2. The molecule has 1 spiro atoms. The van der Waals surface area contributed by atoms with E-state index in [9.17, 15) is 14.4 Å². The van der Waals surface area contributed by atoms with Gasteiger partial charge in [0, 0.05) is 21.5 Å². The Bertz CT molecular complexity index is 1450. The van der Waals surface area contributed by atoms with Gasteiger partial charge in [0.05, 0.1) is 12.3 Å². The quantitative estimate of drug-likeness (QED) is 0.298. The predicted molar refractivity (Wildman–Crippen MR) is 143 cm³/mol. The van der Waals surface area contributed by atoms with Crippen molar-refractivity contribution in [1.29, 1.82) is 0 Å². The van der Waals surface area contributed by atoms with E-state index in [1.165, 1.54) is 0 Å². The zero-order valence-corrected chi connectivity index (χ0v) is 22.2. The fraction of sp³-hybridized carbons (Fsp3) is 0.267. The molecule has 186 valence electrons. The zero-order chi connectivity index (χ0) is 26.1. The van der Waals surface area contributed by atoms with E-state index in [2.05, 4.69) is 15.9 Å². The number of rotatable bonds is 2. The number of ketones is 2. The monoisotopic (exact) mass is 556 g/mol. The van der Waals surface area contributed by atoms with Crippen molar-refractivity contribution >= 4 is 39.7 Å².